The first-order valence-corrected chi connectivity index (χ1v) is 5.61. The van der Waals surface area contributed by atoms with Gasteiger partial charge in [-0.15, -0.1) is 12.4 Å². The van der Waals surface area contributed by atoms with Crippen LogP contribution in [-0.4, -0.2) is 25.0 Å². The van der Waals surface area contributed by atoms with Crippen molar-refractivity contribution in [2.75, 3.05) is 13.1 Å². The lowest BCUT2D eigenvalue weighted by Gasteiger charge is -2.44. The van der Waals surface area contributed by atoms with Crippen molar-refractivity contribution in [1.29, 1.82) is 0 Å². The smallest absolute Gasteiger partial charge is 0.237 e. The molecule has 2 rings (SSSR count). The molecule has 2 N–H and O–H groups in total. The lowest BCUT2D eigenvalue weighted by molar-refractivity contribution is -0.129. The molecule has 0 bridgehead atoms. The summed E-state index contributed by atoms with van der Waals surface area (Å²) in [6, 6.07) is 0.0302. The van der Waals surface area contributed by atoms with Gasteiger partial charge in [0.25, 0.3) is 0 Å². The highest BCUT2D eigenvalue weighted by atomic mass is 35.5. The van der Waals surface area contributed by atoms with Gasteiger partial charge >= 0.3 is 0 Å². The highest BCUT2D eigenvalue weighted by Gasteiger charge is 2.42. The van der Waals surface area contributed by atoms with Gasteiger partial charge in [-0.25, -0.2) is 0 Å². The van der Waals surface area contributed by atoms with Crippen molar-refractivity contribution in [2.24, 2.45) is 11.3 Å². The van der Waals surface area contributed by atoms with Gasteiger partial charge in [-0.05, 0) is 18.8 Å². The number of halogens is 1. The van der Waals surface area contributed by atoms with Crippen LogP contribution in [-0.2, 0) is 4.79 Å². The van der Waals surface area contributed by atoms with Crippen molar-refractivity contribution in [3.8, 4) is 0 Å². The Kier molecular flexibility index (Phi) is 4.01. The van der Waals surface area contributed by atoms with E-state index in [9.17, 15) is 4.79 Å². The largest absolute Gasteiger partial charge is 0.354 e. The van der Waals surface area contributed by atoms with Gasteiger partial charge < -0.3 is 10.6 Å². The van der Waals surface area contributed by atoms with E-state index in [1.807, 2.05) is 0 Å². The Bertz CT molecular complexity index is 239. The molecule has 0 spiro atoms. The maximum Gasteiger partial charge on any atom is 0.237 e. The number of nitrogens with one attached hydrogen (secondary N) is 2. The lowest BCUT2D eigenvalue weighted by atomic mass is 9.76. The Balaban J connectivity index is 0.00000112. The van der Waals surface area contributed by atoms with E-state index >= 15 is 0 Å². The van der Waals surface area contributed by atoms with Crippen molar-refractivity contribution in [3.63, 3.8) is 0 Å². The summed E-state index contributed by atoms with van der Waals surface area (Å²) in [7, 11) is 0. The predicted octanol–water partition coefficient (Wildman–Crippen LogP) is 1.32. The Hall–Kier alpha value is -0.280. The summed E-state index contributed by atoms with van der Waals surface area (Å²) in [5.74, 6) is 0.940. The molecule has 2 fully saturated rings. The van der Waals surface area contributed by atoms with Crippen LogP contribution in [0, 0.1) is 11.3 Å². The summed E-state index contributed by atoms with van der Waals surface area (Å²) in [6.07, 6.45) is 3.93. The number of hydrogen-bond donors (Lipinski definition) is 2. The zero-order valence-corrected chi connectivity index (χ0v) is 10.3. The van der Waals surface area contributed by atoms with Crippen LogP contribution in [0.3, 0.4) is 0 Å². The van der Waals surface area contributed by atoms with E-state index in [0.29, 0.717) is 0 Å². The van der Waals surface area contributed by atoms with Crippen LogP contribution >= 0.6 is 12.4 Å². The Morgan fingerprint density at radius 3 is 2.47 bits per heavy atom. The molecular formula is C11H21ClN2O. The van der Waals surface area contributed by atoms with Crippen molar-refractivity contribution >= 4 is 18.3 Å². The minimum atomic E-state index is 0. The molecule has 1 saturated carbocycles. The quantitative estimate of drug-likeness (QED) is 0.771. The average Bonchev–Trinajstić information content (AvgIpc) is 1.99. The van der Waals surface area contributed by atoms with Gasteiger partial charge in [0.2, 0.25) is 5.91 Å². The van der Waals surface area contributed by atoms with E-state index in [2.05, 4.69) is 24.5 Å². The minimum absolute atomic E-state index is 0. The number of carbonyl (C=O) groups is 1. The molecular weight excluding hydrogens is 212 g/mol. The summed E-state index contributed by atoms with van der Waals surface area (Å²) >= 11 is 0. The molecule has 0 aromatic carbocycles. The first-order valence-electron chi connectivity index (χ1n) is 5.61. The van der Waals surface area contributed by atoms with E-state index in [4.69, 9.17) is 0 Å². The number of carbonyl (C=O) groups excluding carboxylic acids is 1. The van der Waals surface area contributed by atoms with Crippen molar-refractivity contribution < 1.29 is 4.79 Å². The van der Waals surface area contributed by atoms with Crippen molar-refractivity contribution in [3.05, 3.63) is 0 Å². The summed E-state index contributed by atoms with van der Waals surface area (Å²) in [6.45, 7) is 6.11. The second-order valence-corrected chi connectivity index (χ2v) is 5.34. The maximum atomic E-state index is 11.7. The third kappa shape index (κ3) is 2.64. The van der Waals surface area contributed by atoms with E-state index in [0.717, 1.165) is 19.0 Å². The predicted molar refractivity (Wildman–Crippen MR) is 63.2 cm³/mol. The minimum Gasteiger partial charge on any atom is -0.354 e. The fourth-order valence-electron chi connectivity index (χ4n) is 2.10. The molecule has 1 aliphatic heterocycles. The Morgan fingerprint density at radius 1 is 1.47 bits per heavy atom. The van der Waals surface area contributed by atoms with Crippen LogP contribution in [0.5, 0.6) is 0 Å². The molecule has 1 amide bonds. The third-order valence-electron chi connectivity index (χ3n) is 3.60. The van der Waals surface area contributed by atoms with Crippen molar-refractivity contribution in [1.82, 2.24) is 10.6 Å². The molecule has 88 valence electrons. The summed E-state index contributed by atoms with van der Waals surface area (Å²) in [5, 5.41) is 6.22. The van der Waals surface area contributed by atoms with Gasteiger partial charge in [-0.3, -0.25) is 4.79 Å². The Morgan fingerprint density at radius 2 is 2.13 bits per heavy atom. The molecule has 1 aliphatic carbocycles. The first kappa shape index (κ1) is 12.8. The molecule has 3 nitrogen and oxygen atoms in total. The Labute approximate surface area is 97.8 Å². The van der Waals surface area contributed by atoms with Crippen molar-refractivity contribution in [2.45, 2.75) is 39.2 Å². The topological polar surface area (TPSA) is 41.1 Å². The lowest BCUT2D eigenvalue weighted by Crippen LogP contribution is -2.66. The van der Waals surface area contributed by atoms with Gasteiger partial charge in [0.15, 0.2) is 0 Å². The van der Waals surface area contributed by atoms with Crippen LogP contribution in [0.4, 0.5) is 0 Å². The molecule has 0 aromatic heterocycles. The third-order valence-corrected chi connectivity index (χ3v) is 3.60. The molecule has 15 heavy (non-hydrogen) atoms. The average molecular weight is 233 g/mol. The van der Waals surface area contributed by atoms with Gasteiger partial charge in [0.1, 0.15) is 0 Å². The van der Waals surface area contributed by atoms with Gasteiger partial charge in [-0.2, -0.15) is 0 Å². The molecule has 1 saturated heterocycles. The molecule has 1 unspecified atom stereocenters. The number of hydrogen-bond acceptors (Lipinski definition) is 2. The number of amides is 1. The molecule has 1 atom stereocenters. The highest BCUT2D eigenvalue weighted by molar-refractivity contribution is 5.85. The second-order valence-electron chi connectivity index (χ2n) is 5.34. The number of rotatable bonds is 3. The monoisotopic (exact) mass is 232 g/mol. The first-order chi connectivity index (χ1) is 6.59. The van der Waals surface area contributed by atoms with E-state index in [1.54, 1.807) is 0 Å². The maximum absolute atomic E-state index is 11.7. The normalized spacial score (nSPS) is 28.3. The van der Waals surface area contributed by atoms with Crippen LogP contribution in [0.25, 0.3) is 0 Å². The fraction of sp³-hybridized carbons (Fsp3) is 0.909. The zero-order valence-electron chi connectivity index (χ0n) is 9.51. The summed E-state index contributed by atoms with van der Waals surface area (Å²) in [4.78, 5) is 11.7. The van der Waals surface area contributed by atoms with Gasteiger partial charge in [-0.1, -0.05) is 20.3 Å². The summed E-state index contributed by atoms with van der Waals surface area (Å²) in [5.41, 5.74) is 0.143. The van der Waals surface area contributed by atoms with Gasteiger partial charge in [0.05, 0.1) is 6.04 Å². The summed E-state index contributed by atoms with van der Waals surface area (Å²) < 4.78 is 0. The molecule has 0 radical (unpaired) electrons. The van der Waals surface area contributed by atoms with Crippen LogP contribution in [0.15, 0.2) is 0 Å². The van der Waals surface area contributed by atoms with Crippen LogP contribution in [0.1, 0.15) is 33.1 Å². The SMILES string of the molecule is CC1(C)CNC1C(=O)NCC1CCC1.Cl. The molecule has 4 heteroatoms. The molecule has 1 heterocycles. The van der Waals surface area contributed by atoms with E-state index in [-0.39, 0.29) is 29.8 Å². The highest BCUT2D eigenvalue weighted by Crippen LogP contribution is 2.28. The van der Waals surface area contributed by atoms with E-state index in [1.165, 1.54) is 19.3 Å². The van der Waals surface area contributed by atoms with Crippen LogP contribution < -0.4 is 10.6 Å². The van der Waals surface area contributed by atoms with Crippen LogP contribution in [0.2, 0.25) is 0 Å². The van der Waals surface area contributed by atoms with E-state index < -0.39 is 0 Å². The molecule has 2 aliphatic rings. The van der Waals surface area contributed by atoms with Gasteiger partial charge in [0, 0.05) is 18.5 Å². The second kappa shape index (κ2) is 4.71. The fourth-order valence-corrected chi connectivity index (χ4v) is 2.10. The zero-order chi connectivity index (χ0) is 10.2. The standard InChI is InChI=1S/C11H20N2O.ClH/c1-11(2)7-13-9(11)10(14)12-6-8-4-3-5-8;/h8-9,13H,3-7H2,1-2H3,(H,12,14);1H. The molecule has 0 aromatic rings.